The highest BCUT2D eigenvalue weighted by molar-refractivity contribution is 7.89. The number of carboxylic acids is 1. The summed E-state index contributed by atoms with van der Waals surface area (Å²) < 4.78 is 25.2. The zero-order chi connectivity index (χ0) is 13.5. The Morgan fingerprint density at radius 3 is 2.78 bits per heavy atom. The molecule has 0 aliphatic carbocycles. The zero-order valence-electron chi connectivity index (χ0n) is 9.57. The van der Waals surface area contributed by atoms with Gasteiger partial charge in [0.05, 0.1) is 12.3 Å². The Morgan fingerprint density at radius 2 is 2.28 bits per heavy atom. The Balaban J connectivity index is 2.38. The first kappa shape index (κ1) is 13.0. The monoisotopic (exact) mass is 275 g/mol. The predicted molar refractivity (Wildman–Crippen MR) is 59.3 cm³/mol. The van der Waals surface area contributed by atoms with Gasteiger partial charge in [-0.1, -0.05) is 0 Å². The van der Waals surface area contributed by atoms with E-state index in [2.05, 4.69) is 9.97 Å². The first-order chi connectivity index (χ1) is 8.32. The fraction of sp³-hybridized carbons (Fsp3) is 0.556. The van der Waals surface area contributed by atoms with Crippen molar-refractivity contribution in [1.29, 1.82) is 0 Å². The van der Waals surface area contributed by atoms with Gasteiger partial charge in [-0.15, -0.1) is 0 Å². The summed E-state index contributed by atoms with van der Waals surface area (Å²) in [4.78, 5) is 17.3. The first-order valence-electron chi connectivity index (χ1n) is 5.26. The Bertz CT molecular complexity index is 567. The Labute approximate surface area is 103 Å². The lowest BCUT2D eigenvalue weighted by Crippen LogP contribution is -2.40. The summed E-state index contributed by atoms with van der Waals surface area (Å²) >= 11 is 0. The van der Waals surface area contributed by atoms with Crippen molar-refractivity contribution in [2.45, 2.75) is 30.5 Å². The molecule has 8 nitrogen and oxygen atoms in total. The van der Waals surface area contributed by atoms with Crippen LogP contribution in [0.5, 0.6) is 0 Å². The third-order valence-electron chi connectivity index (χ3n) is 2.78. The van der Waals surface area contributed by atoms with Crippen molar-refractivity contribution in [3.8, 4) is 0 Å². The van der Waals surface area contributed by atoms with E-state index >= 15 is 0 Å². The smallest absolute Gasteiger partial charge is 0.322 e. The molecule has 1 aromatic rings. The number of aromatic amines is 1. The number of aryl methyl sites for hydroxylation is 1. The van der Waals surface area contributed by atoms with Gasteiger partial charge in [0.15, 0.2) is 5.03 Å². The number of H-pyrrole nitrogens is 1. The molecule has 0 bridgehead atoms. The lowest BCUT2D eigenvalue weighted by atomic mass is 10.2. The van der Waals surface area contributed by atoms with Gasteiger partial charge in [0.25, 0.3) is 10.0 Å². The molecule has 0 spiro atoms. The molecule has 0 radical (unpaired) electrons. The second-order valence-electron chi connectivity index (χ2n) is 4.15. The van der Waals surface area contributed by atoms with Gasteiger partial charge < -0.3 is 15.2 Å². The van der Waals surface area contributed by atoms with Gasteiger partial charge in [0, 0.05) is 13.0 Å². The van der Waals surface area contributed by atoms with Crippen LogP contribution in [0.15, 0.2) is 11.2 Å². The highest BCUT2D eigenvalue weighted by Gasteiger charge is 2.44. The van der Waals surface area contributed by atoms with Crippen LogP contribution in [0.2, 0.25) is 0 Å². The minimum absolute atomic E-state index is 0.109. The van der Waals surface area contributed by atoms with E-state index in [1.807, 2.05) is 0 Å². The summed E-state index contributed by atoms with van der Waals surface area (Å²) in [6.45, 7) is 1.36. The fourth-order valence-corrected chi connectivity index (χ4v) is 3.52. The average Bonchev–Trinajstić information content (AvgIpc) is 2.84. The predicted octanol–water partition coefficient (Wildman–Crippen LogP) is -1.07. The minimum atomic E-state index is -3.97. The van der Waals surface area contributed by atoms with Crippen LogP contribution in [0.1, 0.15) is 12.2 Å². The van der Waals surface area contributed by atoms with Gasteiger partial charge in [0.1, 0.15) is 11.9 Å². The summed E-state index contributed by atoms with van der Waals surface area (Å²) in [5.74, 6) is -0.855. The molecule has 1 aliphatic heterocycles. The molecule has 0 aromatic carbocycles. The van der Waals surface area contributed by atoms with Gasteiger partial charge in [0.2, 0.25) is 0 Å². The van der Waals surface area contributed by atoms with E-state index < -0.39 is 28.1 Å². The third-order valence-corrected chi connectivity index (χ3v) is 4.57. The van der Waals surface area contributed by atoms with Crippen LogP contribution in [-0.4, -0.2) is 57.6 Å². The number of imidazole rings is 1. The number of sulfonamides is 1. The van der Waals surface area contributed by atoms with Gasteiger partial charge in [-0.3, -0.25) is 4.79 Å². The van der Waals surface area contributed by atoms with Gasteiger partial charge in [-0.25, -0.2) is 13.4 Å². The molecule has 0 saturated carbocycles. The molecule has 1 aromatic heterocycles. The molecular weight excluding hydrogens is 262 g/mol. The van der Waals surface area contributed by atoms with Crippen molar-refractivity contribution >= 4 is 16.0 Å². The van der Waals surface area contributed by atoms with E-state index in [-0.39, 0.29) is 18.0 Å². The van der Waals surface area contributed by atoms with E-state index in [9.17, 15) is 18.3 Å². The first-order valence-corrected chi connectivity index (χ1v) is 6.70. The fourth-order valence-electron chi connectivity index (χ4n) is 1.93. The molecule has 18 heavy (non-hydrogen) atoms. The molecule has 1 saturated heterocycles. The van der Waals surface area contributed by atoms with Gasteiger partial charge in [-0.2, -0.15) is 4.31 Å². The molecule has 2 unspecified atom stereocenters. The maximum Gasteiger partial charge on any atom is 0.322 e. The van der Waals surface area contributed by atoms with Crippen LogP contribution in [0.4, 0.5) is 0 Å². The van der Waals surface area contributed by atoms with Crippen molar-refractivity contribution in [1.82, 2.24) is 14.3 Å². The standard InChI is InChI=1S/C9H13N3O5S/c1-5-10-3-8(11-5)18(16,17)12-4-6(13)2-7(12)9(14)15/h3,6-7,13H,2,4H2,1H3,(H,10,11)(H,14,15). The van der Waals surface area contributed by atoms with Gasteiger partial charge in [-0.05, 0) is 6.92 Å². The van der Waals surface area contributed by atoms with E-state index in [0.29, 0.717) is 5.82 Å². The van der Waals surface area contributed by atoms with E-state index in [0.717, 1.165) is 10.5 Å². The van der Waals surface area contributed by atoms with E-state index in [1.54, 1.807) is 6.92 Å². The Hall–Kier alpha value is -1.45. The van der Waals surface area contributed by atoms with Crippen LogP contribution >= 0.6 is 0 Å². The number of hydrogen-bond donors (Lipinski definition) is 3. The molecule has 1 fully saturated rings. The normalized spacial score (nSPS) is 25.4. The quantitative estimate of drug-likeness (QED) is 0.645. The number of aliphatic hydroxyl groups excluding tert-OH is 1. The largest absolute Gasteiger partial charge is 0.480 e. The summed E-state index contributed by atoms with van der Waals surface area (Å²) in [7, 11) is -3.97. The zero-order valence-corrected chi connectivity index (χ0v) is 10.4. The van der Waals surface area contributed by atoms with Crippen molar-refractivity contribution in [2.24, 2.45) is 0 Å². The number of nitrogens with one attached hydrogen (secondary N) is 1. The summed E-state index contributed by atoms with van der Waals surface area (Å²) in [5.41, 5.74) is 0. The van der Waals surface area contributed by atoms with Crippen molar-refractivity contribution in [2.75, 3.05) is 6.54 Å². The third kappa shape index (κ3) is 2.11. The topological polar surface area (TPSA) is 124 Å². The Kier molecular flexibility index (Phi) is 3.13. The van der Waals surface area contributed by atoms with Crippen molar-refractivity contribution in [3.05, 3.63) is 12.0 Å². The molecule has 100 valence electrons. The van der Waals surface area contributed by atoms with Gasteiger partial charge >= 0.3 is 5.97 Å². The maximum atomic E-state index is 12.2. The van der Waals surface area contributed by atoms with E-state index in [1.165, 1.54) is 0 Å². The summed E-state index contributed by atoms with van der Waals surface area (Å²) in [6, 6.07) is -1.24. The highest BCUT2D eigenvalue weighted by atomic mass is 32.2. The van der Waals surface area contributed by atoms with Crippen molar-refractivity contribution < 1.29 is 23.4 Å². The number of carboxylic acid groups (broad SMARTS) is 1. The number of nitrogens with zero attached hydrogens (tertiary/aromatic N) is 2. The van der Waals surface area contributed by atoms with Crippen LogP contribution in [0.25, 0.3) is 0 Å². The van der Waals surface area contributed by atoms with Crippen LogP contribution < -0.4 is 0 Å². The lowest BCUT2D eigenvalue weighted by molar-refractivity contribution is -0.140. The number of aliphatic carboxylic acids is 1. The Morgan fingerprint density at radius 1 is 1.61 bits per heavy atom. The highest BCUT2D eigenvalue weighted by Crippen LogP contribution is 2.25. The molecule has 2 rings (SSSR count). The van der Waals surface area contributed by atoms with Crippen LogP contribution in [0, 0.1) is 6.92 Å². The van der Waals surface area contributed by atoms with E-state index in [4.69, 9.17) is 5.11 Å². The molecule has 9 heteroatoms. The SMILES string of the molecule is Cc1ncc(S(=O)(=O)N2CC(O)CC2C(=O)O)[nH]1. The number of carbonyl (C=O) groups is 1. The number of β-amino-alcohol motifs (C(OH)–C–C–N with tert-alkyl or cyclic N) is 1. The summed E-state index contributed by atoms with van der Waals surface area (Å²) in [5, 5.41) is 18.2. The molecule has 2 atom stereocenters. The molecule has 1 aliphatic rings. The summed E-state index contributed by atoms with van der Waals surface area (Å²) in [6.07, 6.45) is 0.0561. The molecule has 2 heterocycles. The second kappa shape index (κ2) is 4.34. The average molecular weight is 275 g/mol. The number of aliphatic hydroxyl groups is 1. The number of rotatable bonds is 3. The second-order valence-corrected chi connectivity index (χ2v) is 6.01. The molecule has 3 N–H and O–H groups in total. The van der Waals surface area contributed by atoms with Crippen LogP contribution in [-0.2, 0) is 14.8 Å². The minimum Gasteiger partial charge on any atom is -0.480 e. The maximum absolute atomic E-state index is 12.2. The number of aromatic nitrogens is 2. The van der Waals surface area contributed by atoms with Crippen molar-refractivity contribution in [3.63, 3.8) is 0 Å². The lowest BCUT2D eigenvalue weighted by Gasteiger charge is -2.19. The number of hydrogen-bond acceptors (Lipinski definition) is 5. The molecular formula is C9H13N3O5S. The molecule has 0 amide bonds. The van der Waals surface area contributed by atoms with Crippen LogP contribution in [0.3, 0.4) is 0 Å².